The molecule has 4 heteroatoms. The smallest absolute Gasteiger partial charge is 0.266 e. The van der Waals surface area contributed by atoms with Gasteiger partial charge in [-0.15, -0.1) is 0 Å². The first-order valence-electron chi connectivity index (χ1n) is 8.25. The molecule has 2 amide bonds. The number of nitrogens with zero attached hydrogens (tertiary/aromatic N) is 1. The first kappa shape index (κ1) is 16.0. The number of rotatable bonds is 3. The van der Waals surface area contributed by atoms with Crippen molar-refractivity contribution in [2.24, 2.45) is 0 Å². The molecule has 0 saturated heterocycles. The minimum Gasteiger partial charge on any atom is -0.295 e. The van der Waals surface area contributed by atoms with E-state index in [0.29, 0.717) is 22.4 Å². The number of benzene rings is 3. The summed E-state index contributed by atoms with van der Waals surface area (Å²) in [5, 5.41) is 0. The van der Waals surface area contributed by atoms with E-state index in [1.807, 2.05) is 30.3 Å². The highest BCUT2D eigenvalue weighted by molar-refractivity contribution is 6.34. The van der Waals surface area contributed by atoms with E-state index in [1.54, 1.807) is 42.5 Å². The van der Waals surface area contributed by atoms with Gasteiger partial charge >= 0.3 is 0 Å². The lowest BCUT2D eigenvalue weighted by atomic mass is 10.0. The average molecular weight is 341 g/mol. The summed E-state index contributed by atoms with van der Waals surface area (Å²) in [6.07, 6.45) is 0. The lowest BCUT2D eigenvalue weighted by Gasteiger charge is -2.14. The summed E-state index contributed by atoms with van der Waals surface area (Å²) in [5.41, 5.74) is 3.85. The zero-order valence-electron chi connectivity index (χ0n) is 14.1. The van der Waals surface area contributed by atoms with Crippen LogP contribution in [0.4, 0.5) is 5.69 Å². The van der Waals surface area contributed by atoms with Crippen LogP contribution in [0, 0.1) is 0 Å². The Balaban J connectivity index is 1.67. The van der Waals surface area contributed by atoms with Gasteiger partial charge in [-0.1, -0.05) is 42.5 Å². The number of ketones is 1. The van der Waals surface area contributed by atoms with Crippen LogP contribution in [-0.2, 0) is 0 Å². The third-order valence-electron chi connectivity index (χ3n) is 4.52. The lowest BCUT2D eigenvalue weighted by molar-refractivity contribution is 0.0924. The van der Waals surface area contributed by atoms with Crippen LogP contribution in [0.15, 0.2) is 72.8 Å². The Labute approximate surface area is 150 Å². The van der Waals surface area contributed by atoms with Crippen molar-refractivity contribution in [2.75, 3.05) is 4.90 Å². The number of fused-ring (bicyclic) bond motifs is 1. The predicted molar refractivity (Wildman–Crippen MR) is 99.5 cm³/mol. The van der Waals surface area contributed by atoms with Crippen LogP contribution in [0.2, 0.25) is 0 Å². The highest BCUT2D eigenvalue weighted by Crippen LogP contribution is 2.30. The van der Waals surface area contributed by atoms with Gasteiger partial charge < -0.3 is 0 Å². The Morgan fingerprint density at radius 2 is 1.35 bits per heavy atom. The van der Waals surface area contributed by atoms with Crippen molar-refractivity contribution < 1.29 is 14.4 Å². The largest absolute Gasteiger partial charge is 0.295 e. The van der Waals surface area contributed by atoms with Crippen LogP contribution in [0.5, 0.6) is 0 Å². The molecule has 4 rings (SSSR count). The van der Waals surface area contributed by atoms with Gasteiger partial charge in [0.15, 0.2) is 5.78 Å². The fourth-order valence-corrected chi connectivity index (χ4v) is 3.14. The molecule has 0 unspecified atom stereocenters. The van der Waals surface area contributed by atoms with Crippen LogP contribution < -0.4 is 4.90 Å². The molecule has 0 aliphatic carbocycles. The Morgan fingerprint density at radius 1 is 0.731 bits per heavy atom. The third-order valence-corrected chi connectivity index (χ3v) is 4.52. The first-order chi connectivity index (χ1) is 12.6. The number of hydrogen-bond acceptors (Lipinski definition) is 3. The number of amides is 2. The van der Waals surface area contributed by atoms with Gasteiger partial charge in [-0.25, -0.2) is 4.90 Å². The van der Waals surface area contributed by atoms with Crippen molar-refractivity contribution in [2.45, 2.75) is 6.92 Å². The Bertz CT molecular complexity index is 1020. The van der Waals surface area contributed by atoms with Crippen molar-refractivity contribution in [1.29, 1.82) is 0 Å². The van der Waals surface area contributed by atoms with E-state index in [-0.39, 0.29) is 17.6 Å². The van der Waals surface area contributed by atoms with E-state index in [9.17, 15) is 14.4 Å². The van der Waals surface area contributed by atoms with Crippen molar-refractivity contribution in [3.05, 3.63) is 89.5 Å². The fraction of sp³-hybridized carbons (Fsp3) is 0.0455. The molecule has 3 aromatic rings. The molecular formula is C22H15NO3. The van der Waals surface area contributed by atoms with Crippen LogP contribution in [0.25, 0.3) is 11.1 Å². The van der Waals surface area contributed by atoms with Crippen LogP contribution in [0.1, 0.15) is 38.0 Å². The number of imide groups is 1. The van der Waals surface area contributed by atoms with Crippen LogP contribution in [-0.4, -0.2) is 17.6 Å². The number of carbonyl (C=O) groups excluding carboxylic acids is 3. The second kappa shape index (κ2) is 6.08. The molecular weight excluding hydrogens is 326 g/mol. The number of Topliss-reactive ketones (excluding diaryl/α,β-unsaturated/α-hetero) is 1. The van der Waals surface area contributed by atoms with Gasteiger partial charge in [0.1, 0.15) is 0 Å². The Kier molecular flexibility index (Phi) is 3.73. The monoisotopic (exact) mass is 341 g/mol. The molecule has 1 aliphatic rings. The molecule has 26 heavy (non-hydrogen) atoms. The molecule has 126 valence electrons. The quantitative estimate of drug-likeness (QED) is 0.525. The molecule has 4 nitrogen and oxygen atoms in total. The zero-order valence-corrected chi connectivity index (χ0v) is 14.1. The van der Waals surface area contributed by atoms with Gasteiger partial charge in [-0.3, -0.25) is 14.4 Å². The number of hydrogen-bond donors (Lipinski definition) is 0. The maximum absolute atomic E-state index is 12.5. The SMILES string of the molecule is CC(=O)c1cccc(-c2ccc(N3C(=O)c4ccccc4C3=O)cc2)c1. The Morgan fingerprint density at radius 3 is 1.92 bits per heavy atom. The summed E-state index contributed by atoms with van der Waals surface area (Å²) < 4.78 is 0. The highest BCUT2D eigenvalue weighted by atomic mass is 16.2. The fourth-order valence-electron chi connectivity index (χ4n) is 3.14. The highest BCUT2D eigenvalue weighted by Gasteiger charge is 2.36. The summed E-state index contributed by atoms with van der Waals surface area (Å²) >= 11 is 0. The summed E-state index contributed by atoms with van der Waals surface area (Å²) in [4.78, 5) is 37.8. The van der Waals surface area contributed by atoms with E-state index < -0.39 is 0 Å². The van der Waals surface area contributed by atoms with E-state index in [1.165, 1.54) is 11.8 Å². The van der Waals surface area contributed by atoms with E-state index >= 15 is 0 Å². The van der Waals surface area contributed by atoms with E-state index in [2.05, 4.69) is 0 Å². The molecule has 0 fully saturated rings. The van der Waals surface area contributed by atoms with Crippen molar-refractivity contribution in [3.63, 3.8) is 0 Å². The maximum atomic E-state index is 12.5. The van der Waals surface area contributed by atoms with Gasteiger partial charge in [0.25, 0.3) is 11.8 Å². The molecule has 0 atom stereocenters. The first-order valence-corrected chi connectivity index (χ1v) is 8.25. The normalized spacial score (nSPS) is 13.0. The second-order valence-corrected chi connectivity index (χ2v) is 6.18. The number of anilines is 1. The van der Waals surface area contributed by atoms with Crippen molar-refractivity contribution >= 4 is 23.3 Å². The maximum Gasteiger partial charge on any atom is 0.266 e. The average Bonchev–Trinajstić information content (AvgIpc) is 2.93. The minimum atomic E-state index is -0.308. The summed E-state index contributed by atoms with van der Waals surface area (Å²) in [5.74, 6) is -0.608. The minimum absolute atomic E-state index is 0.00879. The summed E-state index contributed by atoms with van der Waals surface area (Å²) in [7, 11) is 0. The Hall–Kier alpha value is -3.53. The molecule has 0 spiro atoms. The molecule has 0 radical (unpaired) electrons. The number of carbonyl (C=O) groups is 3. The zero-order chi connectivity index (χ0) is 18.3. The van der Waals surface area contributed by atoms with E-state index in [0.717, 1.165) is 11.1 Å². The van der Waals surface area contributed by atoms with Gasteiger partial charge in [-0.05, 0) is 48.4 Å². The third kappa shape index (κ3) is 2.52. The second-order valence-electron chi connectivity index (χ2n) is 6.18. The van der Waals surface area contributed by atoms with Gasteiger partial charge in [0.2, 0.25) is 0 Å². The molecule has 0 bridgehead atoms. The molecule has 0 aromatic heterocycles. The molecule has 1 heterocycles. The predicted octanol–water partition coefficient (Wildman–Crippen LogP) is 4.36. The molecule has 1 aliphatic heterocycles. The molecule has 3 aromatic carbocycles. The summed E-state index contributed by atoms with van der Waals surface area (Å²) in [6.45, 7) is 1.53. The summed E-state index contributed by atoms with van der Waals surface area (Å²) in [6, 6.07) is 21.4. The van der Waals surface area contributed by atoms with Gasteiger partial charge in [-0.2, -0.15) is 0 Å². The van der Waals surface area contributed by atoms with Crippen LogP contribution in [0.3, 0.4) is 0 Å². The molecule has 0 saturated carbocycles. The molecule has 0 N–H and O–H groups in total. The van der Waals surface area contributed by atoms with Gasteiger partial charge in [0, 0.05) is 5.56 Å². The standard InChI is InChI=1S/C22H15NO3/c1-14(24)16-5-4-6-17(13-16)15-9-11-18(12-10-15)23-21(25)19-7-2-3-8-20(19)22(23)26/h2-13H,1H3. The van der Waals surface area contributed by atoms with Crippen molar-refractivity contribution in [1.82, 2.24) is 0 Å². The topological polar surface area (TPSA) is 54.5 Å². The van der Waals surface area contributed by atoms with Gasteiger partial charge in [0.05, 0.1) is 16.8 Å². The lowest BCUT2D eigenvalue weighted by Crippen LogP contribution is -2.29. The van der Waals surface area contributed by atoms with Crippen LogP contribution >= 0.6 is 0 Å². The van der Waals surface area contributed by atoms with Crippen molar-refractivity contribution in [3.8, 4) is 11.1 Å². The van der Waals surface area contributed by atoms with E-state index in [4.69, 9.17) is 0 Å².